The first kappa shape index (κ1) is 57.4. The zero-order chi connectivity index (χ0) is 43.7. The minimum Gasteiger partial charge on any atom is -0.462 e. The third-order valence-electron chi connectivity index (χ3n) is 11.1. The monoisotopic (exact) mass is 841 g/mol. The Morgan fingerprint density at radius 2 is 0.683 bits per heavy atom. The highest BCUT2D eigenvalue weighted by Gasteiger charge is 2.19. The zero-order valence-electron chi connectivity index (χ0n) is 39.7. The van der Waals surface area contributed by atoms with Gasteiger partial charge < -0.3 is 14.2 Å². The Morgan fingerprint density at radius 1 is 0.350 bits per heavy atom. The molecule has 1 atom stereocenters. The van der Waals surface area contributed by atoms with Crippen LogP contribution in [0.5, 0.6) is 0 Å². The molecule has 0 spiro atoms. The SMILES string of the molecule is CC/C=C/C/C=C/CCCCCCCCCC(=O)OC(COC(=O)CC/C=C/C/C=C/CCCCCCCC)COC(=O)CCCCCCCCCCCCCCCCC. The highest BCUT2D eigenvalue weighted by Crippen LogP contribution is 2.15. The summed E-state index contributed by atoms with van der Waals surface area (Å²) in [5.74, 6) is -0.963. The van der Waals surface area contributed by atoms with E-state index in [1.807, 2.05) is 6.08 Å². The molecule has 0 aliphatic carbocycles. The molecule has 348 valence electrons. The Balaban J connectivity index is 4.42. The Morgan fingerprint density at radius 3 is 1.10 bits per heavy atom. The van der Waals surface area contributed by atoms with E-state index in [2.05, 4.69) is 63.3 Å². The fourth-order valence-electron chi connectivity index (χ4n) is 7.24. The van der Waals surface area contributed by atoms with Gasteiger partial charge in [0.25, 0.3) is 0 Å². The van der Waals surface area contributed by atoms with Crippen LogP contribution in [-0.2, 0) is 28.6 Å². The van der Waals surface area contributed by atoms with E-state index in [1.165, 1.54) is 141 Å². The van der Waals surface area contributed by atoms with E-state index in [0.717, 1.165) is 70.6 Å². The molecule has 60 heavy (non-hydrogen) atoms. The first-order valence-corrected chi connectivity index (χ1v) is 25.6. The van der Waals surface area contributed by atoms with Gasteiger partial charge in [-0.2, -0.15) is 0 Å². The second-order valence-corrected chi connectivity index (χ2v) is 17.1. The lowest BCUT2D eigenvalue weighted by Crippen LogP contribution is -2.30. The summed E-state index contributed by atoms with van der Waals surface area (Å²) in [6.07, 6.45) is 58.2. The minimum absolute atomic E-state index is 0.0911. The van der Waals surface area contributed by atoms with Gasteiger partial charge in [0, 0.05) is 19.3 Å². The van der Waals surface area contributed by atoms with Gasteiger partial charge in [-0.3, -0.25) is 14.4 Å². The number of carbonyl (C=O) groups is 3. The molecule has 0 N–H and O–H groups in total. The molecule has 6 heteroatoms. The fourth-order valence-corrected chi connectivity index (χ4v) is 7.24. The molecule has 0 rings (SSSR count). The summed E-state index contributed by atoms with van der Waals surface area (Å²) in [4.78, 5) is 37.9. The van der Waals surface area contributed by atoms with Crippen molar-refractivity contribution >= 4 is 17.9 Å². The highest BCUT2D eigenvalue weighted by molar-refractivity contribution is 5.71. The molecule has 1 unspecified atom stereocenters. The lowest BCUT2D eigenvalue weighted by Gasteiger charge is -2.18. The van der Waals surface area contributed by atoms with Gasteiger partial charge in [-0.05, 0) is 64.2 Å². The molecule has 0 aliphatic heterocycles. The summed E-state index contributed by atoms with van der Waals surface area (Å²) in [6, 6.07) is 0. The summed E-state index contributed by atoms with van der Waals surface area (Å²) in [7, 11) is 0. The quantitative estimate of drug-likeness (QED) is 0.0263. The van der Waals surface area contributed by atoms with Crippen molar-refractivity contribution < 1.29 is 28.6 Å². The van der Waals surface area contributed by atoms with Crippen LogP contribution < -0.4 is 0 Å². The van der Waals surface area contributed by atoms with E-state index >= 15 is 0 Å². The molecule has 0 aromatic heterocycles. The molecule has 0 radical (unpaired) electrons. The topological polar surface area (TPSA) is 78.9 Å². The van der Waals surface area contributed by atoms with E-state index in [9.17, 15) is 14.4 Å². The Hall–Kier alpha value is -2.63. The van der Waals surface area contributed by atoms with Crippen LogP contribution in [0.15, 0.2) is 48.6 Å². The molecule has 0 aromatic carbocycles. The molecule has 0 amide bonds. The van der Waals surface area contributed by atoms with Crippen LogP contribution in [0, 0.1) is 0 Å². The van der Waals surface area contributed by atoms with Crippen molar-refractivity contribution in [1.82, 2.24) is 0 Å². The van der Waals surface area contributed by atoms with Gasteiger partial charge in [0.1, 0.15) is 13.2 Å². The van der Waals surface area contributed by atoms with E-state index in [4.69, 9.17) is 14.2 Å². The van der Waals surface area contributed by atoms with Crippen LogP contribution in [0.2, 0.25) is 0 Å². The smallest absolute Gasteiger partial charge is 0.306 e. The normalized spacial score (nSPS) is 12.4. The van der Waals surface area contributed by atoms with E-state index in [1.54, 1.807) is 0 Å². The number of rotatable bonds is 46. The third kappa shape index (κ3) is 46.4. The van der Waals surface area contributed by atoms with E-state index < -0.39 is 6.10 Å². The van der Waals surface area contributed by atoms with Crippen LogP contribution in [-0.4, -0.2) is 37.2 Å². The number of allylic oxidation sites excluding steroid dienone is 8. The maximum atomic E-state index is 12.8. The molecular formula is C54H96O6. The summed E-state index contributed by atoms with van der Waals surface area (Å²) >= 11 is 0. The number of hydrogen-bond donors (Lipinski definition) is 0. The van der Waals surface area contributed by atoms with Crippen molar-refractivity contribution in [1.29, 1.82) is 0 Å². The van der Waals surface area contributed by atoms with Crippen LogP contribution in [0.1, 0.15) is 258 Å². The average Bonchev–Trinajstić information content (AvgIpc) is 3.24. The van der Waals surface area contributed by atoms with Crippen molar-refractivity contribution in [3.8, 4) is 0 Å². The highest BCUT2D eigenvalue weighted by atomic mass is 16.6. The van der Waals surface area contributed by atoms with Crippen LogP contribution >= 0.6 is 0 Å². The second kappa shape index (κ2) is 49.0. The van der Waals surface area contributed by atoms with Crippen LogP contribution in [0.25, 0.3) is 0 Å². The zero-order valence-corrected chi connectivity index (χ0v) is 39.7. The van der Waals surface area contributed by atoms with E-state index in [0.29, 0.717) is 19.3 Å². The van der Waals surface area contributed by atoms with Gasteiger partial charge in [-0.1, -0.05) is 223 Å². The Bertz CT molecular complexity index is 1060. The van der Waals surface area contributed by atoms with Gasteiger partial charge >= 0.3 is 17.9 Å². The number of hydrogen-bond acceptors (Lipinski definition) is 6. The molecule has 0 heterocycles. The molecule has 0 aliphatic rings. The van der Waals surface area contributed by atoms with Crippen LogP contribution in [0.4, 0.5) is 0 Å². The number of carbonyl (C=O) groups excluding carboxylic acids is 3. The third-order valence-corrected chi connectivity index (χ3v) is 11.1. The maximum absolute atomic E-state index is 12.8. The Kier molecular flexibility index (Phi) is 46.9. The largest absolute Gasteiger partial charge is 0.462 e. The number of unbranched alkanes of at least 4 members (excludes halogenated alkanes) is 27. The second-order valence-electron chi connectivity index (χ2n) is 17.1. The maximum Gasteiger partial charge on any atom is 0.306 e. The van der Waals surface area contributed by atoms with Gasteiger partial charge in [-0.25, -0.2) is 0 Å². The molecule has 0 saturated heterocycles. The van der Waals surface area contributed by atoms with Crippen molar-refractivity contribution in [3.63, 3.8) is 0 Å². The van der Waals surface area contributed by atoms with Gasteiger partial charge in [0.2, 0.25) is 0 Å². The van der Waals surface area contributed by atoms with Crippen molar-refractivity contribution in [2.45, 2.75) is 264 Å². The summed E-state index contributed by atoms with van der Waals surface area (Å²) in [6.45, 7) is 6.48. The lowest BCUT2D eigenvalue weighted by molar-refractivity contribution is -0.166. The number of ether oxygens (including phenoxy) is 3. The first-order chi connectivity index (χ1) is 29.5. The lowest BCUT2D eigenvalue weighted by atomic mass is 10.0. The summed E-state index contributed by atoms with van der Waals surface area (Å²) in [5, 5.41) is 0. The molecule has 0 bridgehead atoms. The van der Waals surface area contributed by atoms with Gasteiger partial charge in [-0.15, -0.1) is 0 Å². The molecule has 6 nitrogen and oxygen atoms in total. The van der Waals surface area contributed by atoms with Gasteiger partial charge in [0.05, 0.1) is 0 Å². The molecular weight excluding hydrogens is 745 g/mol. The standard InChI is InChI=1S/C54H96O6/c1-4-7-10-13-16-19-22-25-27-30-32-35-38-41-44-47-53(56)59-50-51(49-58-52(55)46-43-40-37-34-31-28-24-21-18-15-12-9-6-3)60-54(57)48-45-42-39-36-33-29-26-23-20-17-14-11-8-5-2/h8,11,17,20,28,31,37,40,51H,4-7,9-10,12-16,18-19,21-27,29-30,32-36,38-39,41-50H2,1-3H3/b11-8+,20-17+,31-28+,40-37+. The minimum atomic E-state index is -0.796. The van der Waals surface area contributed by atoms with Crippen molar-refractivity contribution in [2.75, 3.05) is 13.2 Å². The van der Waals surface area contributed by atoms with Crippen LogP contribution in [0.3, 0.4) is 0 Å². The molecule has 0 aromatic rings. The van der Waals surface area contributed by atoms with Gasteiger partial charge in [0.15, 0.2) is 6.10 Å². The fraction of sp³-hybridized carbons (Fsp3) is 0.796. The average molecular weight is 841 g/mol. The summed E-state index contributed by atoms with van der Waals surface area (Å²) in [5.41, 5.74) is 0. The van der Waals surface area contributed by atoms with Crippen molar-refractivity contribution in [2.24, 2.45) is 0 Å². The van der Waals surface area contributed by atoms with E-state index in [-0.39, 0.29) is 37.5 Å². The predicted molar refractivity (Wildman–Crippen MR) is 256 cm³/mol. The first-order valence-electron chi connectivity index (χ1n) is 25.6. The Labute approximate surface area is 371 Å². The van der Waals surface area contributed by atoms with Crippen molar-refractivity contribution in [3.05, 3.63) is 48.6 Å². The summed E-state index contributed by atoms with van der Waals surface area (Å²) < 4.78 is 16.7. The molecule has 0 fully saturated rings. The molecule has 0 saturated carbocycles. The predicted octanol–water partition coefficient (Wildman–Crippen LogP) is 16.7. The number of esters is 3.